The number of rotatable bonds is 1. The van der Waals surface area contributed by atoms with Crippen molar-refractivity contribution in [1.82, 2.24) is 0 Å². The molecule has 2 saturated carbocycles. The van der Waals surface area contributed by atoms with Crippen LogP contribution in [-0.2, 0) is 9.53 Å². The van der Waals surface area contributed by atoms with Crippen molar-refractivity contribution < 1.29 is 14.6 Å². The van der Waals surface area contributed by atoms with Gasteiger partial charge in [0.25, 0.3) is 0 Å². The number of carbonyl (C=O) groups is 1. The summed E-state index contributed by atoms with van der Waals surface area (Å²) in [4.78, 5) is 11.5. The van der Waals surface area contributed by atoms with E-state index in [0.717, 1.165) is 25.7 Å². The highest BCUT2D eigenvalue weighted by Crippen LogP contribution is 2.66. The van der Waals surface area contributed by atoms with Gasteiger partial charge >= 0.3 is 5.97 Å². The van der Waals surface area contributed by atoms with Gasteiger partial charge in [0, 0.05) is 18.1 Å². The van der Waals surface area contributed by atoms with Crippen LogP contribution >= 0.6 is 0 Å². The molecule has 0 unspecified atom stereocenters. The Hall–Kier alpha value is -0.830. The van der Waals surface area contributed by atoms with Gasteiger partial charge in [0.1, 0.15) is 6.10 Å². The van der Waals surface area contributed by atoms with Crippen LogP contribution in [0.3, 0.4) is 0 Å². The van der Waals surface area contributed by atoms with E-state index in [2.05, 4.69) is 20.4 Å². The molecular formula is C15H22O3. The maximum absolute atomic E-state index is 11.5. The minimum absolute atomic E-state index is 0.0106. The molecule has 0 amide bonds. The third-order valence-corrected chi connectivity index (χ3v) is 6.19. The van der Waals surface area contributed by atoms with Gasteiger partial charge in [-0.05, 0) is 42.4 Å². The molecule has 18 heavy (non-hydrogen) atoms. The van der Waals surface area contributed by atoms with Crippen molar-refractivity contribution in [2.45, 2.75) is 45.6 Å². The van der Waals surface area contributed by atoms with Crippen molar-refractivity contribution in [3.63, 3.8) is 0 Å². The lowest BCUT2D eigenvalue weighted by molar-refractivity contribution is -0.140. The predicted octanol–water partition coefficient (Wildman–Crippen LogP) is 2.29. The second-order valence-corrected chi connectivity index (χ2v) is 6.80. The molecule has 1 spiro atoms. The number of carbonyl (C=O) groups excluding carboxylic acids is 1. The summed E-state index contributed by atoms with van der Waals surface area (Å²) in [7, 11) is 0. The first kappa shape index (κ1) is 12.2. The van der Waals surface area contributed by atoms with Crippen LogP contribution in [0.2, 0.25) is 0 Å². The van der Waals surface area contributed by atoms with Crippen LogP contribution in [0.5, 0.6) is 0 Å². The van der Waals surface area contributed by atoms with E-state index in [1.165, 1.54) is 0 Å². The van der Waals surface area contributed by atoms with E-state index in [1.807, 2.05) is 0 Å². The van der Waals surface area contributed by atoms with Crippen molar-refractivity contribution in [3.05, 3.63) is 12.2 Å². The van der Waals surface area contributed by atoms with Crippen molar-refractivity contribution >= 4 is 5.97 Å². The molecule has 100 valence electrons. The highest BCUT2D eigenvalue weighted by atomic mass is 16.6. The van der Waals surface area contributed by atoms with Gasteiger partial charge in [0.05, 0.1) is 0 Å². The van der Waals surface area contributed by atoms with Crippen molar-refractivity contribution in [1.29, 1.82) is 0 Å². The Bertz CT molecular complexity index is 416. The van der Waals surface area contributed by atoms with E-state index in [-0.39, 0.29) is 35.4 Å². The average molecular weight is 250 g/mol. The molecule has 1 N–H and O–H groups in total. The Morgan fingerprint density at radius 1 is 1.50 bits per heavy atom. The number of esters is 1. The number of hydrogen-bond acceptors (Lipinski definition) is 3. The van der Waals surface area contributed by atoms with Gasteiger partial charge in [-0.2, -0.15) is 0 Å². The SMILES string of the molecule is C=C1C(=O)O[C@@H]2C[C@]3(C[C@H]12)[C@H](C)CC[C@]3(C)CO. The Kier molecular flexibility index (Phi) is 2.44. The summed E-state index contributed by atoms with van der Waals surface area (Å²) in [5.74, 6) is 0.562. The minimum atomic E-state index is -0.212. The molecule has 1 heterocycles. The van der Waals surface area contributed by atoms with E-state index < -0.39 is 0 Å². The van der Waals surface area contributed by atoms with Gasteiger partial charge in [-0.15, -0.1) is 0 Å². The maximum Gasteiger partial charge on any atom is 0.334 e. The number of fused-ring (bicyclic) bond motifs is 1. The Labute approximate surface area is 108 Å². The largest absolute Gasteiger partial charge is 0.458 e. The van der Waals surface area contributed by atoms with Crippen LogP contribution in [0.4, 0.5) is 0 Å². The molecule has 0 aromatic heterocycles. The van der Waals surface area contributed by atoms with Crippen LogP contribution in [0, 0.1) is 22.7 Å². The number of hydrogen-bond donors (Lipinski definition) is 1. The molecule has 3 nitrogen and oxygen atoms in total. The molecule has 3 aliphatic rings. The number of aliphatic hydroxyl groups is 1. The molecule has 1 saturated heterocycles. The van der Waals surface area contributed by atoms with E-state index in [9.17, 15) is 9.90 Å². The fraction of sp³-hybridized carbons (Fsp3) is 0.800. The van der Waals surface area contributed by atoms with Crippen LogP contribution in [0.15, 0.2) is 12.2 Å². The topological polar surface area (TPSA) is 46.5 Å². The molecule has 0 aromatic rings. The Morgan fingerprint density at radius 2 is 2.22 bits per heavy atom. The van der Waals surface area contributed by atoms with Gasteiger partial charge in [-0.1, -0.05) is 20.4 Å². The molecule has 5 atom stereocenters. The minimum Gasteiger partial charge on any atom is -0.458 e. The highest BCUT2D eigenvalue weighted by Gasteiger charge is 2.63. The van der Waals surface area contributed by atoms with Crippen molar-refractivity contribution in [2.75, 3.05) is 6.61 Å². The number of aliphatic hydroxyl groups excluding tert-OH is 1. The summed E-state index contributed by atoms with van der Waals surface area (Å²) in [6.07, 6.45) is 4.11. The lowest BCUT2D eigenvalue weighted by Crippen LogP contribution is -2.40. The molecule has 3 rings (SSSR count). The van der Waals surface area contributed by atoms with Gasteiger partial charge in [0.15, 0.2) is 0 Å². The van der Waals surface area contributed by atoms with E-state index >= 15 is 0 Å². The second kappa shape index (κ2) is 3.60. The third-order valence-electron chi connectivity index (χ3n) is 6.19. The lowest BCUT2D eigenvalue weighted by Gasteiger charge is -2.43. The zero-order chi connectivity index (χ0) is 13.1. The normalized spacial score (nSPS) is 50.9. The van der Waals surface area contributed by atoms with Crippen LogP contribution in [0.25, 0.3) is 0 Å². The summed E-state index contributed by atoms with van der Waals surface area (Å²) in [6, 6.07) is 0. The van der Waals surface area contributed by atoms with Crippen molar-refractivity contribution in [3.8, 4) is 0 Å². The number of ether oxygens (including phenoxy) is 1. The first-order valence-corrected chi connectivity index (χ1v) is 6.94. The van der Waals surface area contributed by atoms with Gasteiger partial charge in [-0.3, -0.25) is 0 Å². The fourth-order valence-corrected chi connectivity index (χ4v) is 4.73. The molecule has 0 bridgehead atoms. The molecule has 1 aliphatic heterocycles. The van der Waals surface area contributed by atoms with E-state index in [0.29, 0.717) is 11.5 Å². The van der Waals surface area contributed by atoms with Crippen molar-refractivity contribution in [2.24, 2.45) is 22.7 Å². The first-order chi connectivity index (χ1) is 8.43. The molecular weight excluding hydrogens is 228 g/mol. The smallest absolute Gasteiger partial charge is 0.334 e. The van der Waals surface area contributed by atoms with Crippen LogP contribution in [0.1, 0.15) is 39.5 Å². The second-order valence-electron chi connectivity index (χ2n) is 6.80. The molecule has 0 aromatic carbocycles. The van der Waals surface area contributed by atoms with E-state index in [4.69, 9.17) is 4.74 Å². The monoisotopic (exact) mass is 250 g/mol. The predicted molar refractivity (Wildman–Crippen MR) is 67.8 cm³/mol. The van der Waals surface area contributed by atoms with Crippen LogP contribution < -0.4 is 0 Å². The van der Waals surface area contributed by atoms with E-state index in [1.54, 1.807) is 0 Å². The molecule has 2 aliphatic carbocycles. The summed E-state index contributed by atoms with van der Waals surface area (Å²) in [5.41, 5.74) is 0.751. The Morgan fingerprint density at radius 3 is 2.83 bits per heavy atom. The summed E-state index contributed by atoms with van der Waals surface area (Å²) in [5, 5.41) is 9.82. The van der Waals surface area contributed by atoms with Gasteiger partial charge < -0.3 is 9.84 Å². The van der Waals surface area contributed by atoms with Gasteiger partial charge in [0.2, 0.25) is 0 Å². The lowest BCUT2D eigenvalue weighted by atomic mass is 9.62. The molecule has 3 fully saturated rings. The quantitative estimate of drug-likeness (QED) is 0.574. The Balaban J connectivity index is 1.95. The zero-order valence-electron chi connectivity index (χ0n) is 11.2. The fourth-order valence-electron chi connectivity index (χ4n) is 4.73. The zero-order valence-corrected chi connectivity index (χ0v) is 11.2. The summed E-state index contributed by atoms with van der Waals surface area (Å²) < 4.78 is 5.45. The molecule has 3 heteroatoms. The first-order valence-electron chi connectivity index (χ1n) is 6.94. The third kappa shape index (κ3) is 1.26. The van der Waals surface area contributed by atoms with Gasteiger partial charge in [-0.25, -0.2) is 4.79 Å². The summed E-state index contributed by atoms with van der Waals surface area (Å²) in [6.45, 7) is 8.61. The summed E-state index contributed by atoms with van der Waals surface area (Å²) >= 11 is 0. The standard InChI is InChI=1S/C15H22O3/c1-9-4-5-14(3,8-16)15(9)6-11-10(2)13(17)18-12(11)7-15/h9,11-12,16H,2,4-8H2,1,3H3/t9-,11-,12-,14-,15-/m1/s1. The molecule has 0 radical (unpaired) electrons. The maximum atomic E-state index is 11.5. The van der Waals surface area contributed by atoms with Crippen LogP contribution in [-0.4, -0.2) is 23.8 Å². The highest BCUT2D eigenvalue weighted by molar-refractivity contribution is 5.91. The average Bonchev–Trinajstić information content (AvgIpc) is 2.92.